The monoisotopic (exact) mass is 300 g/mol. The van der Waals surface area contributed by atoms with Crippen molar-refractivity contribution in [3.63, 3.8) is 0 Å². The minimum Gasteiger partial charge on any atom is -0.423 e. The molecule has 116 valence electrons. The van der Waals surface area contributed by atoms with E-state index >= 15 is 0 Å². The van der Waals surface area contributed by atoms with Crippen LogP contribution in [-0.2, 0) is 11.3 Å². The van der Waals surface area contributed by atoms with Crippen LogP contribution < -0.4 is 10.4 Å². The van der Waals surface area contributed by atoms with Gasteiger partial charge in [-0.1, -0.05) is 6.07 Å². The number of hydrogen-bond acceptors (Lipinski definition) is 5. The van der Waals surface area contributed by atoms with Crippen LogP contribution in [0.3, 0.4) is 0 Å². The van der Waals surface area contributed by atoms with E-state index in [-0.39, 0.29) is 5.69 Å². The van der Waals surface area contributed by atoms with Gasteiger partial charge >= 0.3 is 7.12 Å². The van der Waals surface area contributed by atoms with Gasteiger partial charge in [0.05, 0.1) is 18.9 Å². The van der Waals surface area contributed by atoms with Crippen molar-refractivity contribution < 1.29 is 23.6 Å². The highest BCUT2D eigenvalue weighted by Crippen LogP contribution is 2.27. The average Bonchev–Trinajstić information content (AvgIpc) is 2.43. The van der Waals surface area contributed by atoms with E-state index in [1.807, 2.05) is 4.90 Å². The fourth-order valence-corrected chi connectivity index (χ4v) is 2.47. The van der Waals surface area contributed by atoms with E-state index in [4.69, 9.17) is 4.74 Å². The van der Waals surface area contributed by atoms with Gasteiger partial charge in [-0.2, -0.15) is 0 Å². The zero-order valence-electron chi connectivity index (χ0n) is 12.1. The number of halogens is 2. The van der Waals surface area contributed by atoms with Gasteiger partial charge in [0.2, 0.25) is 0 Å². The Morgan fingerprint density at radius 2 is 1.86 bits per heavy atom. The highest BCUT2D eigenvalue weighted by atomic mass is 19.2. The van der Waals surface area contributed by atoms with Crippen molar-refractivity contribution in [2.45, 2.75) is 6.54 Å². The van der Waals surface area contributed by atoms with E-state index < -0.39 is 24.2 Å². The quantitative estimate of drug-likeness (QED) is 0.737. The van der Waals surface area contributed by atoms with Gasteiger partial charge in [0.1, 0.15) is 0 Å². The van der Waals surface area contributed by atoms with E-state index in [2.05, 4.69) is 0 Å². The van der Waals surface area contributed by atoms with Crippen LogP contribution in [0.1, 0.15) is 5.56 Å². The van der Waals surface area contributed by atoms with E-state index in [0.29, 0.717) is 38.4 Å². The summed E-state index contributed by atoms with van der Waals surface area (Å²) in [5.74, 6) is -2.26. The maximum atomic E-state index is 14.4. The first-order chi connectivity index (χ1) is 9.91. The molecular formula is C13H19BF2N2O3. The van der Waals surface area contributed by atoms with Gasteiger partial charge in [-0.05, 0) is 19.7 Å². The average molecular weight is 300 g/mol. The smallest absolute Gasteiger partial charge is 0.423 e. The first-order valence-corrected chi connectivity index (χ1v) is 6.76. The van der Waals surface area contributed by atoms with Crippen molar-refractivity contribution in [2.75, 3.05) is 45.3 Å². The summed E-state index contributed by atoms with van der Waals surface area (Å²) in [5.41, 5.74) is 0.249. The summed E-state index contributed by atoms with van der Waals surface area (Å²) in [6, 6.07) is 1.31. The molecule has 1 aliphatic rings. The Balaban J connectivity index is 2.51. The molecule has 0 amide bonds. The molecule has 0 atom stereocenters. The second-order valence-electron chi connectivity index (χ2n) is 5.31. The third-order valence-electron chi connectivity index (χ3n) is 3.38. The first kappa shape index (κ1) is 16.2. The second kappa shape index (κ2) is 6.70. The van der Waals surface area contributed by atoms with Gasteiger partial charge in [-0.25, -0.2) is 8.78 Å². The van der Waals surface area contributed by atoms with Crippen LogP contribution in [0.2, 0.25) is 0 Å². The molecule has 1 fully saturated rings. The molecule has 0 spiro atoms. The van der Waals surface area contributed by atoms with Gasteiger partial charge in [0, 0.05) is 25.1 Å². The minimum atomic E-state index is -2.04. The molecule has 8 heteroatoms. The zero-order valence-corrected chi connectivity index (χ0v) is 12.1. The molecule has 0 aromatic heterocycles. The van der Waals surface area contributed by atoms with Gasteiger partial charge in [0.25, 0.3) is 0 Å². The summed E-state index contributed by atoms with van der Waals surface area (Å²) in [6.07, 6.45) is 0. The lowest BCUT2D eigenvalue weighted by Gasteiger charge is -2.32. The summed E-state index contributed by atoms with van der Waals surface area (Å²) in [5, 5.41) is 18.4. The summed E-state index contributed by atoms with van der Waals surface area (Å²) in [4.78, 5) is 3.54. The number of morpholine rings is 1. The number of anilines is 1. The van der Waals surface area contributed by atoms with E-state index in [9.17, 15) is 18.8 Å². The maximum Gasteiger partial charge on any atom is 0.491 e. The molecule has 0 aliphatic carbocycles. The zero-order chi connectivity index (χ0) is 15.6. The third kappa shape index (κ3) is 3.52. The Hall–Kier alpha value is -1.22. The van der Waals surface area contributed by atoms with Crippen molar-refractivity contribution in [3.8, 4) is 0 Å². The normalized spacial score (nSPS) is 15.7. The van der Waals surface area contributed by atoms with Gasteiger partial charge in [0.15, 0.2) is 11.6 Å². The van der Waals surface area contributed by atoms with E-state index in [0.717, 1.165) is 0 Å². The number of benzene rings is 1. The van der Waals surface area contributed by atoms with Crippen LogP contribution >= 0.6 is 0 Å². The molecule has 0 radical (unpaired) electrons. The first-order valence-electron chi connectivity index (χ1n) is 6.76. The molecule has 1 aromatic carbocycles. The fraction of sp³-hybridized carbons (Fsp3) is 0.538. The summed E-state index contributed by atoms with van der Waals surface area (Å²) in [7, 11) is 1.57. The molecule has 1 aromatic rings. The van der Waals surface area contributed by atoms with Crippen molar-refractivity contribution in [3.05, 3.63) is 23.3 Å². The van der Waals surface area contributed by atoms with Crippen molar-refractivity contribution in [2.24, 2.45) is 0 Å². The number of hydrogen-bond donors (Lipinski definition) is 2. The Labute approximate surface area is 122 Å². The van der Waals surface area contributed by atoms with Crippen LogP contribution in [0.5, 0.6) is 0 Å². The minimum absolute atomic E-state index is 0.175. The molecular weight excluding hydrogens is 281 g/mol. The lowest BCUT2D eigenvalue weighted by molar-refractivity contribution is 0.122. The highest BCUT2D eigenvalue weighted by Gasteiger charge is 2.28. The van der Waals surface area contributed by atoms with Crippen molar-refractivity contribution >= 4 is 18.3 Å². The summed E-state index contributed by atoms with van der Waals surface area (Å²) in [6.45, 7) is 2.21. The standard InChI is InChI=1S/C13H19BF2N2O3/c1-17(2)8-9-7-10(14(19)20)11(15)12(16)13(9)18-3-5-21-6-4-18/h7,19-20H,3-6,8H2,1-2H3. The third-order valence-corrected chi connectivity index (χ3v) is 3.38. The largest absolute Gasteiger partial charge is 0.491 e. The molecule has 1 saturated heterocycles. The SMILES string of the molecule is CN(C)Cc1cc(B(O)O)c(F)c(F)c1N1CCOCC1. The van der Waals surface area contributed by atoms with E-state index in [1.54, 1.807) is 19.0 Å². The molecule has 1 heterocycles. The lowest BCUT2D eigenvalue weighted by Crippen LogP contribution is -2.40. The highest BCUT2D eigenvalue weighted by molar-refractivity contribution is 6.58. The molecule has 5 nitrogen and oxygen atoms in total. The lowest BCUT2D eigenvalue weighted by atomic mass is 9.78. The predicted molar refractivity (Wildman–Crippen MR) is 76.6 cm³/mol. The number of rotatable bonds is 4. The van der Waals surface area contributed by atoms with Crippen LogP contribution in [-0.4, -0.2) is 62.5 Å². The number of ether oxygens (including phenoxy) is 1. The number of nitrogens with zero attached hydrogens (tertiary/aromatic N) is 2. The maximum absolute atomic E-state index is 14.4. The fourth-order valence-electron chi connectivity index (χ4n) is 2.47. The molecule has 1 aliphatic heterocycles. The van der Waals surface area contributed by atoms with Crippen LogP contribution in [0.25, 0.3) is 0 Å². The molecule has 21 heavy (non-hydrogen) atoms. The van der Waals surface area contributed by atoms with Crippen molar-refractivity contribution in [1.82, 2.24) is 4.90 Å². The molecule has 0 unspecified atom stereocenters. The Morgan fingerprint density at radius 3 is 2.38 bits per heavy atom. The Morgan fingerprint density at radius 1 is 1.24 bits per heavy atom. The summed E-state index contributed by atoms with van der Waals surface area (Å²) < 4.78 is 33.7. The van der Waals surface area contributed by atoms with Crippen LogP contribution in [0.15, 0.2) is 6.07 Å². The Kier molecular flexibility index (Phi) is 5.15. The van der Waals surface area contributed by atoms with Crippen LogP contribution in [0, 0.1) is 11.6 Å². The second-order valence-corrected chi connectivity index (χ2v) is 5.31. The van der Waals surface area contributed by atoms with Crippen molar-refractivity contribution in [1.29, 1.82) is 0 Å². The topological polar surface area (TPSA) is 56.2 Å². The molecule has 2 rings (SSSR count). The molecule has 2 N–H and O–H groups in total. The van der Waals surface area contributed by atoms with Gasteiger partial charge in [-0.15, -0.1) is 0 Å². The molecule has 0 bridgehead atoms. The Bertz CT molecular complexity index is 509. The molecule has 0 saturated carbocycles. The van der Waals surface area contributed by atoms with Gasteiger partial charge in [-0.3, -0.25) is 0 Å². The van der Waals surface area contributed by atoms with Gasteiger partial charge < -0.3 is 24.6 Å². The van der Waals surface area contributed by atoms with E-state index in [1.165, 1.54) is 6.07 Å². The summed E-state index contributed by atoms with van der Waals surface area (Å²) >= 11 is 0. The van der Waals surface area contributed by atoms with Crippen LogP contribution in [0.4, 0.5) is 14.5 Å². The predicted octanol–water partition coefficient (Wildman–Crippen LogP) is -0.457.